The third-order valence-corrected chi connectivity index (χ3v) is 3.81. The first-order chi connectivity index (χ1) is 9.97. The summed E-state index contributed by atoms with van der Waals surface area (Å²) >= 11 is 0. The zero-order valence-electron chi connectivity index (χ0n) is 12.4. The zero-order valence-corrected chi connectivity index (χ0v) is 12.4. The monoisotopic (exact) mass is 295 g/mol. The number of nitrogens with one attached hydrogen (secondary N) is 1. The standard InChI is InChI=1S/C16H22FNO3/c1-10(19)14-8-7-13(9-15(14)17)21-11(2)16(20)18-12-5-3-4-6-12/h7-12,19H,3-6H2,1-2H3,(H,18,20)/t10-,11?/m1/s1. The molecule has 0 aliphatic heterocycles. The fraction of sp³-hybridized carbons (Fsp3) is 0.562. The topological polar surface area (TPSA) is 58.6 Å². The number of carbonyl (C=O) groups excluding carboxylic acids is 1. The largest absolute Gasteiger partial charge is 0.481 e. The predicted molar refractivity (Wildman–Crippen MR) is 77.5 cm³/mol. The number of rotatable bonds is 5. The van der Waals surface area contributed by atoms with Gasteiger partial charge in [0.25, 0.3) is 5.91 Å². The Morgan fingerprint density at radius 2 is 2.05 bits per heavy atom. The number of aliphatic hydroxyl groups is 1. The van der Waals surface area contributed by atoms with Crippen molar-refractivity contribution < 1.29 is 19.0 Å². The molecule has 1 amide bonds. The Balaban J connectivity index is 1.93. The predicted octanol–water partition coefficient (Wildman–Crippen LogP) is 2.71. The lowest BCUT2D eigenvalue weighted by atomic mass is 10.1. The van der Waals surface area contributed by atoms with E-state index in [9.17, 15) is 14.3 Å². The second kappa shape index (κ2) is 6.89. The summed E-state index contributed by atoms with van der Waals surface area (Å²) in [5.41, 5.74) is 0.213. The minimum absolute atomic E-state index is 0.179. The second-order valence-electron chi connectivity index (χ2n) is 5.61. The first-order valence-corrected chi connectivity index (χ1v) is 7.42. The van der Waals surface area contributed by atoms with Crippen LogP contribution in [0.4, 0.5) is 4.39 Å². The van der Waals surface area contributed by atoms with Gasteiger partial charge in [0.1, 0.15) is 11.6 Å². The zero-order chi connectivity index (χ0) is 15.4. The van der Waals surface area contributed by atoms with Gasteiger partial charge in [-0.2, -0.15) is 0 Å². The summed E-state index contributed by atoms with van der Waals surface area (Å²) in [5, 5.41) is 12.3. The molecule has 0 radical (unpaired) electrons. The molecule has 5 heteroatoms. The van der Waals surface area contributed by atoms with E-state index in [0.29, 0.717) is 0 Å². The van der Waals surface area contributed by atoms with Crippen molar-refractivity contribution in [1.82, 2.24) is 5.32 Å². The van der Waals surface area contributed by atoms with E-state index in [0.717, 1.165) is 25.7 Å². The summed E-state index contributed by atoms with van der Waals surface area (Å²) in [6.45, 7) is 3.14. The highest BCUT2D eigenvalue weighted by Crippen LogP contribution is 2.23. The molecule has 2 atom stereocenters. The molecule has 1 saturated carbocycles. The normalized spacial score (nSPS) is 18.3. The molecule has 21 heavy (non-hydrogen) atoms. The molecule has 0 bridgehead atoms. The molecule has 0 spiro atoms. The average molecular weight is 295 g/mol. The summed E-state index contributed by atoms with van der Waals surface area (Å²) in [6.07, 6.45) is 2.76. The van der Waals surface area contributed by atoms with Crippen LogP contribution in [0.2, 0.25) is 0 Å². The molecule has 1 aromatic carbocycles. The quantitative estimate of drug-likeness (QED) is 0.878. The summed E-state index contributed by atoms with van der Waals surface area (Å²) in [4.78, 5) is 12.0. The van der Waals surface area contributed by atoms with Gasteiger partial charge in [-0.3, -0.25) is 4.79 Å². The maximum atomic E-state index is 13.7. The first-order valence-electron chi connectivity index (χ1n) is 7.42. The third-order valence-electron chi connectivity index (χ3n) is 3.81. The number of ether oxygens (including phenoxy) is 1. The van der Waals surface area contributed by atoms with Gasteiger partial charge >= 0.3 is 0 Å². The minimum atomic E-state index is -0.873. The number of amides is 1. The van der Waals surface area contributed by atoms with Crippen LogP contribution < -0.4 is 10.1 Å². The van der Waals surface area contributed by atoms with Crippen molar-refractivity contribution in [1.29, 1.82) is 0 Å². The summed E-state index contributed by atoms with van der Waals surface area (Å²) in [6, 6.07) is 4.46. The number of hydrogen-bond donors (Lipinski definition) is 2. The minimum Gasteiger partial charge on any atom is -0.481 e. The van der Waals surface area contributed by atoms with Gasteiger partial charge in [-0.1, -0.05) is 12.8 Å². The van der Waals surface area contributed by atoms with Crippen molar-refractivity contribution >= 4 is 5.91 Å². The van der Waals surface area contributed by atoms with Crippen molar-refractivity contribution in [2.45, 2.75) is 57.8 Å². The highest BCUT2D eigenvalue weighted by Gasteiger charge is 2.22. The van der Waals surface area contributed by atoms with Gasteiger partial charge in [-0.25, -0.2) is 4.39 Å². The number of aliphatic hydroxyl groups excluding tert-OH is 1. The Labute approximate surface area is 124 Å². The van der Waals surface area contributed by atoms with Crippen molar-refractivity contribution in [2.75, 3.05) is 0 Å². The van der Waals surface area contributed by atoms with Crippen LogP contribution in [-0.2, 0) is 4.79 Å². The Bertz CT molecular complexity index is 498. The van der Waals surface area contributed by atoms with Gasteiger partial charge in [0.05, 0.1) is 6.10 Å². The Hall–Kier alpha value is -1.62. The maximum Gasteiger partial charge on any atom is 0.260 e. The van der Waals surface area contributed by atoms with Gasteiger partial charge in [0.2, 0.25) is 0 Å². The molecule has 0 heterocycles. The lowest BCUT2D eigenvalue weighted by Crippen LogP contribution is -2.41. The summed E-state index contributed by atoms with van der Waals surface area (Å²) in [5.74, 6) is -0.432. The van der Waals surface area contributed by atoms with Gasteiger partial charge in [0.15, 0.2) is 6.10 Å². The fourth-order valence-electron chi connectivity index (χ4n) is 2.57. The Morgan fingerprint density at radius 1 is 1.38 bits per heavy atom. The van der Waals surface area contributed by atoms with Crippen molar-refractivity contribution in [2.24, 2.45) is 0 Å². The van der Waals surface area contributed by atoms with Crippen molar-refractivity contribution in [3.05, 3.63) is 29.6 Å². The van der Waals surface area contributed by atoms with Crippen LogP contribution >= 0.6 is 0 Å². The van der Waals surface area contributed by atoms with E-state index in [1.165, 1.54) is 19.1 Å². The molecule has 1 fully saturated rings. The Morgan fingerprint density at radius 3 is 2.62 bits per heavy atom. The molecule has 0 aromatic heterocycles. The molecule has 0 saturated heterocycles. The maximum absolute atomic E-state index is 13.7. The van der Waals surface area contributed by atoms with Gasteiger partial charge in [-0.15, -0.1) is 0 Å². The van der Waals surface area contributed by atoms with E-state index >= 15 is 0 Å². The lowest BCUT2D eigenvalue weighted by Gasteiger charge is -2.18. The van der Waals surface area contributed by atoms with Gasteiger partial charge < -0.3 is 15.2 Å². The van der Waals surface area contributed by atoms with Crippen LogP contribution in [0.5, 0.6) is 5.75 Å². The van der Waals surface area contributed by atoms with E-state index in [1.807, 2.05) is 0 Å². The van der Waals surface area contributed by atoms with Crippen molar-refractivity contribution in [3.63, 3.8) is 0 Å². The number of hydrogen-bond acceptors (Lipinski definition) is 3. The SMILES string of the molecule is CC(Oc1ccc([C@@H](C)O)c(F)c1)C(=O)NC1CCCC1. The second-order valence-corrected chi connectivity index (χ2v) is 5.61. The summed E-state index contributed by atoms with van der Waals surface area (Å²) in [7, 11) is 0. The molecule has 2 rings (SSSR count). The van der Waals surface area contributed by atoms with Gasteiger partial charge in [-0.05, 0) is 38.8 Å². The highest BCUT2D eigenvalue weighted by molar-refractivity contribution is 5.81. The van der Waals surface area contributed by atoms with Crippen molar-refractivity contribution in [3.8, 4) is 5.75 Å². The first kappa shape index (κ1) is 15.8. The molecule has 2 N–H and O–H groups in total. The van der Waals surface area contributed by atoms with Crippen LogP contribution in [0.3, 0.4) is 0 Å². The Kier molecular flexibility index (Phi) is 5.17. The number of benzene rings is 1. The molecule has 4 nitrogen and oxygen atoms in total. The van der Waals surface area contributed by atoms with E-state index in [4.69, 9.17) is 4.74 Å². The molecule has 1 aliphatic rings. The van der Waals surface area contributed by atoms with E-state index in [1.54, 1.807) is 13.0 Å². The van der Waals surface area contributed by atoms with Crippen LogP contribution in [0.15, 0.2) is 18.2 Å². The van der Waals surface area contributed by atoms with Crippen LogP contribution in [-0.4, -0.2) is 23.2 Å². The van der Waals surface area contributed by atoms with Gasteiger partial charge in [0, 0.05) is 17.7 Å². The smallest absolute Gasteiger partial charge is 0.260 e. The van der Waals surface area contributed by atoms with E-state index < -0.39 is 18.0 Å². The lowest BCUT2D eigenvalue weighted by molar-refractivity contribution is -0.127. The molecule has 1 aliphatic carbocycles. The average Bonchev–Trinajstić information content (AvgIpc) is 2.91. The molecular weight excluding hydrogens is 273 g/mol. The number of carbonyl (C=O) groups is 1. The van der Waals surface area contributed by atoms with E-state index in [-0.39, 0.29) is 23.3 Å². The van der Waals surface area contributed by atoms with Crippen LogP contribution in [0.25, 0.3) is 0 Å². The fourth-order valence-corrected chi connectivity index (χ4v) is 2.57. The van der Waals surface area contributed by atoms with Crippen LogP contribution in [0, 0.1) is 5.82 Å². The summed E-state index contributed by atoms with van der Waals surface area (Å²) < 4.78 is 19.2. The molecule has 1 unspecified atom stereocenters. The van der Waals surface area contributed by atoms with Crippen LogP contribution in [0.1, 0.15) is 51.2 Å². The molecule has 116 valence electrons. The van der Waals surface area contributed by atoms with E-state index in [2.05, 4.69) is 5.32 Å². The third kappa shape index (κ3) is 4.17. The molecular formula is C16H22FNO3. The number of halogens is 1. The molecule has 1 aromatic rings. The highest BCUT2D eigenvalue weighted by atomic mass is 19.1.